The van der Waals surface area contributed by atoms with Gasteiger partial charge in [0.25, 0.3) is 0 Å². The van der Waals surface area contributed by atoms with Crippen LogP contribution < -0.4 is 4.80 Å². The van der Waals surface area contributed by atoms with Gasteiger partial charge in [-0.25, -0.2) is 4.68 Å². The van der Waals surface area contributed by atoms with Crippen LogP contribution in [0.3, 0.4) is 0 Å². The van der Waals surface area contributed by atoms with Crippen LogP contribution in [0.25, 0.3) is 5.69 Å². The van der Waals surface area contributed by atoms with Crippen molar-refractivity contribution in [2.45, 2.75) is 45.1 Å². The molecule has 2 aromatic rings. The smallest absolute Gasteiger partial charge is 0.208 e. The van der Waals surface area contributed by atoms with Crippen molar-refractivity contribution in [1.82, 2.24) is 9.78 Å². The molecule has 3 nitrogen and oxygen atoms in total. The summed E-state index contributed by atoms with van der Waals surface area (Å²) in [6, 6.07) is 3.72. The van der Waals surface area contributed by atoms with E-state index in [9.17, 15) is 0 Å². The average molecular weight is 377 g/mol. The van der Waals surface area contributed by atoms with Gasteiger partial charge in [0.2, 0.25) is 4.80 Å². The molecule has 0 bridgehead atoms. The predicted octanol–water partition coefficient (Wildman–Crippen LogP) is 5.44. The van der Waals surface area contributed by atoms with Gasteiger partial charge in [-0.15, -0.1) is 0 Å². The van der Waals surface area contributed by atoms with E-state index in [0.717, 1.165) is 22.7 Å². The Bertz CT molecular complexity index is 722. The average Bonchev–Trinajstić information content (AvgIpc) is 2.79. The van der Waals surface area contributed by atoms with Crippen molar-refractivity contribution in [1.29, 1.82) is 0 Å². The van der Waals surface area contributed by atoms with Crippen molar-refractivity contribution in [2.75, 3.05) is 0 Å². The summed E-state index contributed by atoms with van der Waals surface area (Å²) in [7, 11) is 0. The lowest BCUT2D eigenvalue weighted by Crippen LogP contribution is -2.20. The van der Waals surface area contributed by atoms with Crippen LogP contribution in [0.1, 0.15) is 37.1 Å². The molecule has 7 heteroatoms. The van der Waals surface area contributed by atoms with E-state index in [4.69, 9.17) is 39.8 Å². The Morgan fingerprint density at radius 3 is 2.41 bits per heavy atom. The highest BCUT2D eigenvalue weighted by molar-refractivity contribution is 7.08. The molecule has 0 N–H and O–H groups in total. The fourth-order valence-corrected chi connectivity index (χ4v) is 4.49. The number of rotatable bonds is 2. The number of hydrogen-bond acceptors (Lipinski definition) is 3. The largest absolute Gasteiger partial charge is 0.254 e. The molecule has 118 valence electrons. The quantitative estimate of drug-likeness (QED) is 0.686. The van der Waals surface area contributed by atoms with Gasteiger partial charge >= 0.3 is 0 Å². The molecule has 3 rings (SSSR count). The summed E-state index contributed by atoms with van der Waals surface area (Å²) < 4.78 is 1.75. The fraction of sp³-hybridized carbons (Fsp3) is 0.467. The van der Waals surface area contributed by atoms with Gasteiger partial charge in [-0.05, 0) is 31.9 Å². The summed E-state index contributed by atoms with van der Waals surface area (Å²) in [6.45, 7) is 1.96. The van der Waals surface area contributed by atoms with Gasteiger partial charge in [-0.1, -0.05) is 65.4 Å². The molecule has 0 radical (unpaired) electrons. The molecule has 1 aromatic heterocycles. The minimum absolute atomic E-state index is 0.365. The normalized spacial score (nSPS) is 17.2. The molecular formula is C15H16Cl3N3S. The fourth-order valence-electron chi connectivity index (χ4n) is 2.71. The van der Waals surface area contributed by atoms with E-state index in [-0.39, 0.29) is 0 Å². The first kappa shape index (κ1) is 16.3. The van der Waals surface area contributed by atoms with E-state index in [0.29, 0.717) is 26.8 Å². The van der Waals surface area contributed by atoms with Crippen LogP contribution in [0, 0.1) is 6.92 Å². The van der Waals surface area contributed by atoms with Crippen LogP contribution in [0.5, 0.6) is 0 Å². The summed E-state index contributed by atoms with van der Waals surface area (Å²) in [6.07, 6.45) is 6.07. The molecule has 1 saturated carbocycles. The van der Waals surface area contributed by atoms with Gasteiger partial charge < -0.3 is 0 Å². The van der Waals surface area contributed by atoms with E-state index < -0.39 is 0 Å². The Hall–Kier alpha value is -0.550. The van der Waals surface area contributed by atoms with Crippen LogP contribution in [-0.2, 0) is 0 Å². The van der Waals surface area contributed by atoms with Crippen molar-refractivity contribution < 1.29 is 0 Å². The molecule has 0 aliphatic heterocycles. The zero-order valence-electron chi connectivity index (χ0n) is 12.2. The lowest BCUT2D eigenvalue weighted by atomic mass is 9.96. The van der Waals surface area contributed by atoms with Crippen molar-refractivity contribution in [3.05, 3.63) is 37.0 Å². The van der Waals surface area contributed by atoms with Gasteiger partial charge in [0.05, 0.1) is 16.1 Å². The Morgan fingerprint density at radius 2 is 1.77 bits per heavy atom. The first-order valence-electron chi connectivity index (χ1n) is 7.30. The number of benzene rings is 1. The summed E-state index contributed by atoms with van der Waals surface area (Å²) >= 11 is 20.2. The minimum atomic E-state index is 0.365. The van der Waals surface area contributed by atoms with Crippen LogP contribution in [0.15, 0.2) is 17.1 Å². The van der Waals surface area contributed by atoms with Gasteiger partial charge in [0.1, 0.15) is 10.7 Å². The van der Waals surface area contributed by atoms with Crippen LogP contribution in [-0.4, -0.2) is 15.8 Å². The van der Waals surface area contributed by atoms with Gasteiger partial charge in [-0.2, -0.15) is 5.10 Å². The molecule has 1 aliphatic rings. The molecule has 22 heavy (non-hydrogen) atoms. The van der Waals surface area contributed by atoms with Gasteiger partial charge in [0, 0.05) is 5.02 Å². The standard InChI is InChI=1S/C15H16Cl3N3S/c1-9-20-21(14-12(17)7-10(16)8-13(14)18)15(22-9)19-11-5-3-2-4-6-11/h7-8,11H,2-6H2,1H3. The maximum atomic E-state index is 6.33. The molecule has 0 atom stereocenters. The number of nitrogens with zero attached hydrogens (tertiary/aromatic N) is 3. The highest BCUT2D eigenvalue weighted by Gasteiger charge is 2.16. The first-order chi connectivity index (χ1) is 10.5. The van der Waals surface area contributed by atoms with Crippen LogP contribution in [0.4, 0.5) is 0 Å². The summed E-state index contributed by atoms with van der Waals surface area (Å²) in [5.41, 5.74) is 0.645. The van der Waals surface area contributed by atoms with Crippen molar-refractivity contribution in [3.63, 3.8) is 0 Å². The molecule has 0 spiro atoms. The second kappa shape index (κ2) is 6.91. The van der Waals surface area contributed by atoms with Crippen LogP contribution in [0.2, 0.25) is 15.1 Å². The molecule has 0 unspecified atom stereocenters. The first-order valence-corrected chi connectivity index (χ1v) is 9.25. The van der Waals surface area contributed by atoms with E-state index in [1.54, 1.807) is 28.2 Å². The van der Waals surface area contributed by atoms with Gasteiger partial charge in [-0.3, -0.25) is 4.99 Å². The van der Waals surface area contributed by atoms with Crippen LogP contribution >= 0.6 is 46.1 Å². The van der Waals surface area contributed by atoms with Gasteiger partial charge in [0.15, 0.2) is 0 Å². The van der Waals surface area contributed by atoms with E-state index in [2.05, 4.69) is 5.10 Å². The Morgan fingerprint density at radius 1 is 1.14 bits per heavy atom. The van der Waals surface area contributed by atoms with E-state index in [1.165, 1.54) is 19.3 Å². The summed E-state index contributed by atoms with van der Waals surface area (Å²) in [5.74, 6) is 0. The number of hydrogen-bond donors (Lipinski definition) is 0. The topological polar surface area (TPSA) is 30.2 Å². The number of halogens is 3. The van der Waals surface area contributed by atoms with E-state index in [1.807, 2.05) is 6.92 Å². The minimum Gasteiger partial charge on any atom is -0.254 e. The Kier molecular flexibility index (Phi) is 5.13. The monoisotopic (exact) mass is 375 g/mol. The third-order valence-electron chi connectivity index (χ3n) is 3.72. The third-order valence-corrected chi connectivity index (χ3v) is 5.35. The number of aromatic nitrogens is 2. The third kappa shape index (κ3) is 3.51. The summed E-state index contributed by atoms with van der Waals surface area (Å²) in [4.78, 5) is 5.73. The highest BCUT2D eigenvalue weighted by atomic mass is 35.5. The maximum absolute atomic E-state index is 6.33. The lowest BCUT2D eigenvalue weighted by molar-refractivity contribution is 0.435. The molecule has 0 saturated heterocycles. The van der Waals surface area contributed by atoms with E-state index >= 15 is 0 Å². The zero-order chi connectivity index (χ0) is 15.7. The second-order valence-electron chi connectivity index (χ2n) is 5.45. The zero-order valence-corrected chi connectivity index (χ0v) is 15.2. The Balaban J connectivity index is 2.10. The predicted molar refractivity (Wildman–Crippen MR) is 93.6 cm³/mol. The maximum Gasteiger partial charge on any atom is 0.208 e. The molecular weight excluding hydrogens is 361 g/mol. The molecule has 1 aromatic carbocycles. The second-order valence-corrected chi connectivity index (χ2v) is 7.87. The molecule has 1 aliphatic carbocycles. The molecule has 1 heterocycles. The molecule has 1 fully saturated rings. The molecule has 0 amide bonds. The number of aryl methyl sites for hydroxylation is 1. The van der Waals surface area contributed by atoms with Crippen molar-refractivity contribution in [3.8, 4) is 5.69 Å². The highest BCUT2D eigenvalue weighted by Crippen LogP contribution is 2.31. The lowest BCUT2D eigenvalue weighted by Gasteiger charge is -2.17. The van der Waals surface area contributed by atoms with Crippen molar-refractivity contribution in [2.24, 2.45) is 4.99 Å². The Labute approximate surface area is 148 Å². The summed E-state index contributed by atoms with van der Waals surface area (Å²) in [5, 5.41) is 6.92. The van der Waals surface area contributed by atoms with Crippen molar-refractivity contribution >= 4 is 46.1 Å². The SMILES string of the molecule is Cc1nn(-c2c(Cl)cc(Cl)cc2Cl)c(=NC2CCCCC2)s1.